The van der Waals surface area contributed by atoms with E-state index in [4.69, 9.17) is 4.74 Å². The summed E-state index contributed by atoms with van der Waals surface area (Å²) in [5, 5.41) is 2.96. The molecule has 5 nitrogen and oxygen atoms in total. The molecule has 0 bridgehead atoms. The average molecular weight is 265 g/mol. The lowest BCUT2D eigenvalue weighted by Gasteiger charge is -2.30. The smallest absolute Gasteiger partial charge is 0.407 e. The maximum Gasteiger partial charge on any atom is 0.407 e. The molecule has 1 heterocycles. The summed E-state index contributed by atoms with van der Waals surface area (Å²) in [5.74, 6) is 0. The highest BCUT2D eigenvalue weighted by atomic mass is 16.6. The van der Waals surface area contributed by atoms with Crippen LogP contribution in [0.25, 0.3) is 0 Å². The molecule has 1 aliphatic rings. The van der Waals surface area contributed by atoms with Gasteiger partial charge in [-0.1, -0.05) is 0 Å². The van der Waals surface area contributed by atoms with Crippen LogP contribution in [0.15, 0.2) is 18.7 Å². The number of hydrogen-bond acceptors (Lipinski definition) is 3. The monoisotopic (exact) mass is 265 g/mol. The third kappa shape index (κ3) is 4.26. The van der Waals surface area contributed by atoms with Gasteiger partial charge in [0.15, 0.2) is 0 Å². The van der Waals surface area contributed by atoms with Crippen LogP contribution in [0.4, 0.5) is 4.79 Å². The normalized spacial score (nSPS) is 23.9. The van der Waals surface area contributed by atoms with Crippen LogP contribution < -0.4 is 5.32 Å². The van der Waals surface area contributed by atoms with E-state index in [-0.39, 0.29) is 12.1 Å². The van der Waals surface area contributed by atoms with Crippen molar-refractivity contribution in [3.05, 3.63) is 18.7 Å². The van der Waals surface area contributed by atoms with Gasteiger partial charge in [0, 0.05) is 24.5 Å². The van der Waals surface area contributed by atoms with Gasteiger partial charge in [0.05, 0.1) is 6.33 Å². The van der Waals surface area contributed by atoms with Gasteiger partial charge >= 0.3 is 6.09 Å². The highest BCUT2D eigenvalue weighted by Gasteiger charge is 2.25. The van der Waals surface area contributed by atoms with Crippen molar-refractivity contribution < 1.29 is 9.53 Å². The van der Waals surface area contributed by atoms with E-state index in [1.165, 1.54) is 0 Å². The Hall–Kier alpha value is -1.52. The zero-order valence-corrected chi connectivity index (χ0v) is 11.9. The predicted octanol–water partition coefficient (Wildman–Crippen LogP) is 2.89. The number of aromatic nitrogens is 2. The molecule has 0 radical (unpaired) electrons. The molecule has 1 aliphatic carbocycles. The van der Waals surface area contributed by atoms with Crippen molar-refractivity contribution in [3.8, 4) is 0 Å². The Balaban J connectivity index is 1.76. The minimum Gasteiger partial charge on any atom is -0.444 e. The third-order valence-electron chi connectivity index (χ3n) is 3.36. The van der Waals surface area contributed by atoms with Crippen molar-refractivity contribution in [1.82, 2.24) is 14.9 Å². The van der Waals surface area contributed by atoms with Gasteiger partial charge in [0.25, 0.3) is 0 Å². The van der Waals surface area contributed by atoms with Gasteiger partial charge < -0.3 is 14.6 Å². The topological polar surface area (TPSA) is 56.1 Å². The van der Waals surface area contributed by atoms with Gasteiger partial charge in [-0.3, -0.25) is 0 Å². The number of amides is 1. The van der Waals surface area contributed by atoms with Crippen LogP contribution in [0.5, 0.6) is 0 Å². The van der Waals surface area contributed by atoms with Crippen molar-refractivity contribution in [1.29, 1.82) is 0 Å². The van der Waals surface area contributed by atoms with Gasteiger partial charge in [0.2, 0.25) is 0 Å². The molecular formula is C14H23N3O2. The minimum atomic E-state index is -0.432. The molecule has 0 aromatic carbocycles. The lowest BCUT2D eigenvalue weighted by atomic mass is 9.91. The van der Waals surface area contributed by atoms with E-state index in [1.54, 1.807) is 0 Å². The fourth-order valence-electron chi connectivity index (χ4n) is 2.48. The van der Waals surface area contributed by atoms with Crippen molar-refractivity contribution in [2.45, 2.75) is 64.1 Å². The third-order valence-corrected chi connectivity index (χ3v) is 3.36. The number of carbonyl (C=O) groups is 1. The van der Waals surface area contributed by atoms with Crippen molar-refractivity contribution in [2.24, 2.45) is 0 Å². The summed E-state index contributed by atoms with van der Waals surface area (Å²) in [6.07, 6.45) is 9.49. The number of hydrogen-bond donors (Lipinski definition) is 1. The second-order valence-corrected chi connectivity index (χ2v) is 6.16. The summed E-state index contributed by atoms with van der Waals surface area (Å²) in [4.78, 5) is 15.8. The van der Waals surface area contributed by atoms with E-state index >= 15 is 0 Å². The average Bonchev–Trinajstić information content (AvgIpc) is 2.80. The standard InChI is InChI=1S/C14H23N3O2/c1-14(2,3)19-13(18)16-11-4-6-12(7-5-11)17-9-8-15-10-17/h8-12H,4-7H2,1-3H3,(H,16,18)/t11-,12-. The molecule has 1 N–H and O–H groups in total. The van der Waals surface area contributed by atoms with E-state index in [0.29, 0.717) is 6.04 Å². The second kappa shape index (κ2) is 5.63. The lowest BCUT2D eigenvalue weighted by Crippen LogP contribution is -2.41. The molecule has 1 fully saturated rings. The quantitative estimate of drug-likeness (QED) is 0.894. The SMILES string of the molecule is CC(C)(C)OC(=O)N[C@H]1CC[C@H](n2ccnc2)CC1. The molecule has 2 rings (SSSR count). The van der Waals surface area contributed by atoms with Crippen molar-refractivity contribution in [2.75, 3.05) is 0 Å². The number of alkyl carbamates (subject to hydrolysis) is 1. The summed E-state index contributed by atoms with van der Waals surface area (Å²) in [6, 6.07) is 0.744. The minimum absolute atomic E-state index is 0.231. The molecule has 0 spiro atoms. The van der Waals surface area contributed by atoms with Gasteiger partial charge in [-0.25, -0.2) is 9.78 Å². The molecule has 1 amide bonds. The Labute approximate surface area is 114 Å². The zero-order chi connectivity index (χ0) is 13.9. The Morgan fingerprint density at radius 1 is 1.32 bits per heavy atom. The van der Waals surface area contributed by atoms with Crippen LogP contribution in [-0.2, 0) is 4.74 Å². The first-order valence-corrected chi connectivity index (χ1v) is 6.91. The Morgan fingerprint density at radius 2 is 2.00 bits per heavy atom. The molecular weight excluding hydrogens is 242 g/mol. The fraction of sp³-hybridized carbons (Fsp3) is 0.714. The molecule has 0 aliphatic heterocycles. The first kappa shape index (κ1) is 13.9. The molecule has 0 saturated heterocycles. The van der Waals surface area contributed by atoms with E-state index in [2.05, 4.69) is 14.9 Å². The van der Waals surface area contributed by atoms with Crippen LogP contribution in [0, 0.1) is 0 Å². The lowest BCUT2D eigenvalue weighted by molar-refractivity contribution is 0.0488. The van der Waals surface area contributed by atoms with Gasteiger partial charge in [-0.15, -0.1) is 0 Å². The molecule has 5 heteroatoms. The highest BCUT2D eigenvalue weighted by molar-refractivity contribution is 5.68. The summed E-state index contributed by atoms with van der Waals surface area (Å²) in [6.45, 7) is 5.63. The van der Waals surface area contributed by atoms with Crippen LogP contribution >= 0.6 is 0 Å². The number of nitrogens with one attached hydrogen (secondary N) is 1. The molecule has 1 aromatic heterocycles. The van der Waals surface area contributed by atoms with Crippen LogP contribution in [-0.4, -0.2) is 27.3 Å². The molecule has 0 unspecified atom stereocenters. The van der Waals surface area contributed by atoms with Crippen LogP contribution in [0.2, 0.25) is 0 Å². The maximum absolute atomic E-state index is 11.7. The van der Waals surface area contributed by atoms with E-state index in [1.807, 2.05) is 39.5 Å². The number of rotatable bonds is 2. The molecule has 0 atom stereocenters. The van der Waals surface area contributed by atoms with Crippen LogP contribution in [0.3, 0.4) is 0 Å². The zero-order valence-electron chi connectivity index (χ0n) is 11.9. The van der Waals surface area contributed by atoms with Gasteiger partial charge in [-0.2, -0.15) is 0 Å². The summed E-state index contributed by atoms with van der Waals surface area (Å²) in [5.41, 5.74) is -0.432. The largest absolute Gasteiger partial charge is 0.444 e. The van der Waals surface area contributed by atoms with Gasteiger partial charge in [0.1, 0.15) is 5.60 Å². The maximum atomic E-state index is 11.7. The first-order chi connectivity index (χ1) is 8.94. The number of imidazole rings is 1. The Morgan fingerprint density at radius 3 is 2.53 bits per heavy atom. The van der Waals surface area contributed by atoms with Crippen molar-refractivity contribution in [3.63, 3.8) is 0 Å². The summed E-state index contributed by atoms with van der Waals surface area (Å²) >= 11 is 0. The fourth-order valence-corrected chi connectivity index (χ4v) is 2.48. The van der Waals surface area contributed by atoms with E-state index < -0.39 is 5.60 Å². The second-order valence-electron chi connectivity index (χ2n) is 6.16. The number of ether oxygens (including phenoxy) is 1. The highest BCUT2D eigenvalue weighted by Crippen LogP contribution is 2.28. The first-order valence-electron chi connectivity index (χ1n) is 6.91. The molecule has 1 saturated carbocycles. The molecule has 19 heavy (non-hydrogen) atoms. The van der Waals surface area contributed by atoms with E-state index in [0.717, 1.165) is 25.7 Å². The number of carbonyl (C=O) groups excluding carboxylic acids is 1. The van der Waals surface area contributed by atoms with E-state index in [9.17, 15) is 4.79 Å². The molecule has 106 valence electrons. The van der Waals surface area contributed by atoms with Gasteiger partial charge in [-0.05, 0) is 46.5 Å². The Bertz CT molecular complexity index is 401. The number of nitrogens with zero attached hydrogens (tertiary/aromatic N) is 2. The van der Waals surface area contributed by atoms with Crippen molar-refractivity contribution >= 4 is 6.09 Å². The Kier molecular flexibility index (Phi) is 4.12. The van der Waals surface area contributed by atoms with Crippen LogP contribution in [0.1, 0.15) is 52.5 Å². The summed E-state index contributed by atoms with van der Waals surface area (Å²) < 4.78 is 7.43. The predicted molar refractivity (Wildman–Crippen MR) is 72.9 cm³/mol. The summed E-state index contributed by atoms with van der Waals surface area (Å²) in [7, 11) is 0. The molecule has 1 aromatic rings.